The average Bonchev–Trinajstić information content (AvgIpc) is 3.47. The number of carbonyl (C=O) groups excluding carboxylic acids is 2. The molecule has 2 heteroatoms. The molecule has 6 atom stereocenters. The standard InChI is InChI=1S/C27H30O2/c28-26-14-19-4-1-3-18(19)13-20(26)11-16-7-9-17(10-8-16)12-24-23-15-25(27(24)29)22-6-2-5-21(22)23/h7-12,18-19,21-23,25H,1-6,13-15H2/b20-11+,24-12+. The zero-order chi connectivity index (χ0) is 19.5. The van der Waals surface area contributed by atoms with E-state index >= 15 is 0 Å². The zero-order valence-electron chi connectivity index (χ0n) is 17.1. The lowest BCUT2D eigenvalue weighted by Gasteiger charge is -2.26. The zero-order valence-corrected chi connectivity index (χ0v) is 17.1. The van der Waals surface area contributed by atoms with Crippen molar-refractivity contribution in [2.45, 2.75) is 57.8 Å². The first-order valence-corrected chi connectivity index (χ1v) is 11.8. The highest BCUT2D eigenvalue weighted by Crippen LogP contribution is 2.59. The molecule has 0 saturated heterocycles. The van der Waals surface area contributed by atoms with E-state index in [1.807, 2.05) is 0 Å². The topological polar surface area (TPSA) is 34.1 Å². The maximum atomic E-state index is 12.9. The Hall–Kier alpha value is -1.96. The van der Waals surface area contributed by atoms with Crippen LogP contribution in [0.1, 0.15) is 68.9 Å². The number of Topliss-reactive ketones (excluding diaryl/α,β-unsaturated/α-hetero) is 2. The second-order valence-electron chi connectivity index (χ2n) is 10.3. The third kappa shape index (κ3) is 2.90. The van der Waals surface area contributed by atoms with Crippen molar-refractivity contribution in [1.82, 2.24) is 0 Å². The Balaban J connectivity index is 1.21. The van der Waals surface area contributed by atoms with Gasteiger partial charge in [0, 0.05) is 12.3 Å². The van der Waals surface area contributed by atoms with Crippen molar-refractivity contribution in [3.63, 3.8) is 0 Å². The highest BCUT2D eigenvalue weighted by Gasteiger charge is 2.56. The SMILES string of the molecule is O=C1CC2CCCC2C/C1=C\c1ccc(/C=C2/C(=O)C3CC2C2CCCC32)cc1. The first kappa shape index (κ1) is 17.9. The van der Waals surface area contributed by atoms with E-state index in [4.69, 9.17) is 0 Å². The number of carbonyl (C=O) groups is 2. The number of fused-ring (bicyclic) bond motifs is 6. The molecule has 0 aliphatic heterocycles. The number of benzene rings is 1. The van der Waals surface area contributed by atoms with Gasteiger partial charge in [0.25, 0.3) is 0 Å². The smallest absolute Gasteiger partial charge is 0.162 e. The minimum Gasteiger partial charge on any atom is -0.295 e. The molecule has 0 aromatic heterocycles. The van der Waals surface area contributed by atoms with Crippen LogP contribution in [-0.2, 0) is 9.59 Å². The van der Waals surface area contributed by atoms with Gasteiger partial charge in [-0.3, -0.25) is 9.59 Å². The van der Waals surface area contributed by atoms with Gasteiger partial charge in [-0.05, 0) is 103 Å². The Morgan fingerprint density at radius 2 is 1.34 bits per heavy atom. The molecule has 0 amide bonds. The number of rotatable bonds is 2. The summed E-state index contributed by atoms with van der Waals surface area (Å²) in [6, 6.07) is 8.47. The van der Waals surface area contributed by atoms with Crippen molar-refractivity contribution in [1.29, 1.82) is 0 Å². The first-order valence-electron chi connectivity index (χ1n) is 11.8. The van der Waals surface area contributed by atoms with Crippen molar-refractivity contribution in [2.75, 3.05) is 0 Å². The van der Waals surface area contributed by atoms with Gasteiger partial charge in [0.15, 0.2) is 11.6 Å². The Kier molecular flexibility index (Phi) is 4.18. The van der Waals surface area contributed by atoms with E-state index in [2.05, 4.69) is 36.4 Å². The fraction of sp³-hybridized carbons (Fsp3) is 0.556. The average molecular weight is 387 g/mol. The van der Waals surface area contributed by atoms with Crippen LogP contribution < -0.4 is 0 Å². The van der Waals surface area contributed by atoms with Gasteiger partial charge in [0.1, 0.15) is 0 Å². The minimum absolute atomic E-state index is 0.319. The van der Waals surface area contributed by atoms with E-state index < -0.39 is 0 Å². The molecular weight excluding hydrogens is 356 g/mol. The maximum absolute atomic E-state index is 12.9. The molecule has 2 nitrogen and oxygen atoms in total. The second-order valence-corrected chi connectivity index (χ2v) is 10.3. The highest BCUT2D eigenvalue weighted by molar-refractivity contribution is 6.05. The van der Waals surface area contributed by atoms with E-state index in [0.29, 0.717) is 35.2 Å². The minimum atomic E-state index is 0.319. The Morgan fingerprint density at radius 1 is 0.724 bits per heavy atom. The summed E-state index contributed by atoms with van der Waals surface area (Å²) in [5.41, 5.74) is 4.36. The third-order valence-electron chi connectivity index (χ3n) is 8.89. The summed E-state index contributed by atoms with van der Waals surface area (Å²) in [7, 11) is 0. The molecule has 5 fully saturated rings. The van der Waals surface area contributed by atoms with Gasteiger partial charge in [0.2, 0.25) is 0 Å². The summed E-state index contributed by atoms with van der Waals surface area (Å²) in [6.45, 7) is 0. The van der Waals surface area contributed by atoms with Crippen molar-refractivity contribution in [3.8, 4) is 0 Å². The van der Waals surface area contributed by atoms with E-state index in [-0.39, 0.29) is 0 Å². The molecule has 5 saturated carbocycles. The van der Waals surface area contributed by atoms with Crippen LogP contribution in [0.25, 0.3) is 12.2 Å². The molecule has 150 valence electrons. The molecule has 0 radical (unpaired) electrons. The monoisotopic (exact) mass is 386 g/mol. The lowest BCUT2D eigenvalue weighted by molar-refractivity contribution is -0.120. The quantitative estimate of drug-likeness (QED) is 0.596. The van der Waals surface area contributed by atoms with Crippen LogP contribution in [-0.4, -0.2) is 11.6 Å². The first-order chi connectivity index (χ1) is 14.2. The molecule has 0 N–H and O–H groups in total. The van der Waals surface area contributed by atoms with Gasteiger partial charge in [-0.1, -0.05) is 37.1 Å². The van der Waals surface area contributed by atoms with Crippen molar-refractivity contribution in [2.24, 2.45) is 35.5 Å². The van der Waals surface area contributed by atoms with Crippen molar-refractivity contribution < 1.29 is 9.59 Å². The second kappa shape index (κ2) is 6.79. The van der Waals surface area contributed by atoms with E-state index in [1.165, 1.54) is 38.5 Å². The summed E-state index contributed by atoms with van der Waals surface area (Å²) >= 11 is 0. The Bertz CT molecular complexity index is 918. The van der Waals surface area contributed by atoms with Crippen molar-refractivity contribution in [3.05, 3.63) is 46.5 Å². The Morgan fingerprint density at radius 3 is 2.10 bits per heavy atom. The molecule has 2 bridgehead atoms. The molecular formula is C27H30O2. The normalized spacial score (nSPS) is 40.8. The van der Waals surface area contributed by atoms with E-state index in [1.54, 1.807) is 0 Å². The molecule has 29 heavy (non-hydrogen) atoms. The van der Waals surface area contributed by atoms with Crippen LogP contribution in [0.15, 0.2) is 35.4 Å². The van der Waals surface area contributed by atoms with E-state index in [0.717, 1.165) is 53.4 Å². The summed E-state index contributed by atoms with van der Waals surface area (Å²) in [5, 5.41) is 0. The van der Waals surface area contributed by atoms with Crippen LogP contribution in [0.3, 0.4) is 0 Å². The van der Waals surface area contributed by atoms with Crippen LogP contribution in [0.5, 0.6) is 0 Å². The van der Waals surface area contributed by atoms with Gasteiger partial charge in [-0.25, -0.2) is 0 Å². The molecule has 0 heterocycles. The van der Waals surface area contributed by atoms with Crippen LogP contribution in [0.2, 0.25) is 0 Å². The number of allylic oxidation sites excluding steroid dienone is 2. The lowest BCUT2D eigenvalue weighted by atomic mass is 9.77. The van der Waals surface area contributed by atoms with Gasteiger partial charge >= 0.3 is 0 Å². The van der Waals surface area contributed by atoms with Crippen LogP contribution >= 0.6 is 0 Å². The lowest BCUT2D eigenvalue weighted by Crippen LogP contribution is -2.26. The predicted octanol–water partition coefficient (Wildman–Crippen LogP) is 5.87. The van der Waals surface area contributed by atoms with Crippen LogP contribution in [0, 0.1) is 35.5 Å². The summed E-state index contributed by atoms with van der Waals surface area (Å²) in [4.78, 5) is 25.4. The fourth-order valence-electron chi connectivity index (χ4n) is 7.50. The van der Waals surface area contributed by atoms with Gasteiger partial charge in [-0.15, -0.1) is 0 Å². The predicted molar refractivity (Wildman–Crippen MR) is 115 cm³/mol. The fourth-order valence-corrected chi connectivity index (χ4v) is 7.50. The molecule has 0 spiro atoms. The number of ketones is 2. The van der Waals surface area contributed by atoms with E-state index in [9.17, 15) is 9.59 Å². The molecule has 1 aromatic rings. The molecule has 5 aliphatic rings. The Labute approximate surface area is 173 Å². The summed E-state index contributed by atoms with van der Waals surface area (Å²) < 4.78 is 0. The van der Waals surface area contributed by atoms with Gasteiger partial charge < -0.3 is 0 Å². The molecule has 6 unspecified atom stereocenters. The highest BCUT2D eigenvalue weighted by atomic mass is 16.1. The summed E-state index contributed by atoms with van der Waals surface area (Å²) in [5.74, 6) is 4.45. The number of hydrogen-bond acceptors (Lipinski definition) is 2. The third-order valence-corrected chi connectivity index (χ3v) is 8.89. The molecule has 5 aliphatic carbocycles. The number of hydrogen-bond donors (Lipinski definition) is 0. The largest absolute Gasteiger partial charge is 0.295 e. The van der Waals surface area contributed by atoms with Crippen molar-refractivity contribution >= 4 is 23.7 Å². The van der Waals surface area contributed by atoms with Gasteiger partial charge in [-0.2, -0.15) is 0 Å². The van der Waals surface area contributed by atoms with Gasteiger partial charge in [0.05, 0.1) is 0 Å². The maximum Gasteiger partial charge on any atom is 0.162 e. The molecule has 1 aromatic carbocycles. The van der Waals surface area contributed by atoms with Crippen LogP contribution in [0.4, 0.5) is 0 Å². The molecule has 6 rings (SSSR count). The summed E-state index contributed by atoms with van der Waals surface area (Å²) in [6.07, 6.45) is 14.8.